The Balaban J connectivity index is 1.27. The fourth-order valence-electron chi connectivity index (χ4n) is 4.76. The first-order valence-corrected chi connectivity index (χ1v) is 13.5. The van der Waals surface area contributed by atoms with Gasteiger partial charge in [-0.05, 0) is 49.1 Å². The van der Waals surface area contributed by atoms with Crippen LogP contribution in [-0.2, 0) is 21.3 Å². The van der Waals surface area contributed by atoms with Gasteiger partial charge in [-0.2, -0.15) is 14.1 Å². The molecule has 2 aliphatic rings. The lowest BCUT2D eigenvalue weighted by Gasteiger charge is -2.35. The van der Waals surface area contributed by atoms with Crippen molar-refractivity contribution >= 4 is 10.0 Å². The fourth-order valence-corrected chi connectivity index (χ4v) is 6.19. The van der Waals surface area contributed by atoms with Gasteiger partial charge in [0.05, 0.1) is 23.7 Å². The second-order valence-corrected chi connectivity index (χ2v) is 11.2. The van der Waals surface area contributed by atoms with Crippen molar-refractivity contribution in [3.8, 4) is 5.69 Å². The summed E-state index contributed by atoms with van der Waals surface area (Å²) >= 11 is 0. The number of rotatable bonds is 7. The molecular formula is C25H31N5O4S. The van der Waals surface area contributed by atoms with Crippen LogP contribution in [0.25, 0.3) is 5.69 Å². The zero-order valence-corrected chi connectivity index (χ0v) is 20.7. The van der Waals surface area contributed by atoms with E-state index in [0.29, 0.717) is 37.1 Å². The molecule has 35 heavy (non-hydrogen) atoms. The maximum absolute atomic E-state index is 13.2. The SMILES string of the molecule is Cc1nn(-c2ccc(S(=O)(=O)N3CCN(CC4CCOC4)CC3)cc2)c(=O)n1Cc1ccccc1. The fraction of sp³-hybridized carbons (Fsp3) is 0.440. The van der Waals surface area contributed by atoms with E-state index in [1.807, 2.05) is 30.3 Å². The maximum atomic E-state index is 13.2. The molecule has 2 fully saturated rings. The van der Waals surface area contributed by atoms with Crippen LogP contribution in [0, 0.1) is 12.8 Å². The molecule has 0 saturated carbocycles. The molecule has 2 aliphatic heterocycles. The van der Waals surface area contributed by atoms with Gasteiger partial charge < -0.3 is 9.64 Å². The third-order valence-electron chi connectivity index (χ3n) is 6.82. The van der Waals surface area contributed by atoms with E-state index in [1.54, 1.807) is 40.1 Å². The van der Waals surface area contributed by atoms with Gasteiger partial charge in [0.2, 0.25) is 10.0 Å². The van der Waals surface area contributed by atoms with Crippen LogP contribution in [0.2, 0.25) is 0 Å². The number of sulfonamides is 1. The van der Waals surface area contributed by atoms with E-state index in [-0.39, 0.29) is 10.6 Å². The molecule has 3 heterocycles. The van der Waals surface area contributed by atoms with E-state index in [0.717, 1.165) is 44.8 Å². The Hall–Kier alpha value is -2.79. The molecule has 5 rings (SSSR count). The number of piperazine rings is 1. The van der Waals surface area contributed by atoms with Crippen LogP contribution in [0.1, 0.15) is 17.8 Å². The zero-order chi connectivity index (χ0) is 24.4. The molecular weight excluding hydrogens is 466 g/mol. The summed E-state index contributed by atoms with van der Waals surface area (Å²) in [6.07, 6.45) is 1.08. The molecule has 0 radical (unpaired) electrons. The molecule has 1 aromatic heterocycles. The molecule has 1 unspecified atom stereocenters. The molecule has 186 valence electrons. The zero-order valence-electron chi connectivity index (χ0n) is 19.9. The van der Waals surface area contributed by atoms with Crippen molar-refractivity contribution in [3.05, 3.63) is 76.5 Å². The Morgan fingerprint density at radius 2 is 1.71 bits per heavy atom. The monoisotopic (exact) mass is 497 g/mol. The van der Waals surface area contributed by atoms with Crippen molar-refractivity contribution in [1.82, 2.24) is 23.6 Å². The molecule has 2 saturated heterocycles. The summed E-state index contributed by atoms with van der Waals surface area (Å²) in [6, 6.07) is 16.1. The molecule has 0 spiro atoms. The summed E-state index contributed by atoms with van der Waals surface area (Å²) in [4.78, 5) is 15.6. The predicted molar refractivity (Wildman–Crippen MR) is 132 cm³/mol. The highest BCUT2D eigenvalue weighted by molar-refractivity contribution is 7.89. The van der Waals surface area contributed by atoms with E-state index in [9.17, 15) is 13.2 Å². The normalized spacial score (nSPS) is 19.9. The highest BCUT2D eigenvalue weighted by Crippen LogP contribution is 2.21. The van der Waals surface area contributed by atoms with E-state index in [4.69, 9.17) is 4.74 Å². The highest BCUT2D eigenvalue weighted by Gasteiger charge is 2.30. The van der Waals surface area contributed by atoms with Crippen LogP contribution in [0.15, 0.2) is 64.3 Å². The molecule has 0 amide bonds. The van der Waals surface area contributed by atoms with Crippen LogP contribution in [0.3, 0.4) is 0 Å². The molecule has 0 N–H and O–H groups in total. The third-order valence-corrected chi connectivity index (χ3v) is 8.73. The van der Waals surface area contributed by atoms with Gasteiger partial charge in [-0.25, -0.2) is 13.2 Å². The number of benzene rings is 2. The minimum atomic E-state index is -3.60. The van der Waals surface area contributed by atoms with E-state index in [2.05, 4.69) is 10.00 Å². The van der Waals surface area contributed by atoms with Crippen molar-refractivity contribution in [1.29, 1.82) is 0 Å². The molecule has 2 aromatic carbocycles. The minimum absolute atomic E-state index is 0.229. The Morgan fingerprint density at radius 3 is 2.37 bits per heavy atom. The minimum Gasteiger partial charge on any atom is -0.381 e. The number of nitrogens with zero attached hydrogens (tertiary/aromatic N) is 5. The summed E-state index contributed by atoms with van der Waals surface area (Å²) in [6.45, 7) is 7.21. The quantitative estimate of drug-likeness (QED) is 0.494. The summed E-state index contributed by atoms with van der Waals surface area (Å²) in [7, 11) is -3.60. The second kappa shape index (κ2) is 10.1. The van der Waals surface area contributed by atoms with Crippen molar-refractivity contribution < 1.29 is 13.2 Å². The van der Waals surface area contributed by atoms with Gasteiger partial charge in [0, 0.05) is 39.3 Å². The summed E-state index contributed by atoms with van der Waals surface area (Å²) in [5.74, 6) is 1.14. The van der Waals surface area contributed by atoms with Crippen molar-refractivity contribution in [3.63, 3.8) is 0 Å². The smallest absolute Gasteiger partial charge is 0.351 e. The van der Waals surface area contributed by atoms with E-state index in [1.165, 1.54) is 4.68 Å². The summed E-state index contributed by atoms with van der Waals surface area (Å²) in [5, 5.41) is 4.40. The Bertz CT molecular complexity index is 1300. The average Bonchev–Trinajstić information content (AvgIpc) is 3.49. The largest absolute Gasteiger partial charge is 0.381 e. The predicted octanol–water partition coefficient (Wildman–Crippen LogP) is 1.73. The summed E-state index contributed by atoms with van der Waals surface area (Å²) < 4.78 is 36.4. The average molecular weight is 498 g/mol. The lowest BCUT2D eigenvalue weighted by molar-refractivity contribution is 0.143. The second-order valence-electron chi connectivity index (χ2n) is 9.24. The standard InChI is InChI=1S/C25H31N5O4S/c1-20-26-30(25(31)29(20)18-21-5-3-2-4-6-21)23-7-9-24(10-8-23)35(32,33)28-14-12-27(13-15-28)17-22-11-16-34-19-22/h2-10,22H,11-19H2,1H3. The van der Waals surface area contributed by atoms with Gasteiger partial charge in [0.1, 0.15) is 5.82 Å². The van der Waals surface area contributed by atoms with Gasteiger partial charge >= 0.3 is 5.69 Å². The Morgan fingerprint density at radius 1 is 1.00 bits per heavy atom. The number of aromatic nitrogens is 3. The number of hydrogen-bond acceptors (Lipinski definition) is 6. The van der Waals surface area contributed by atoms with Gasteiger partial charge in [-0.15, -0.1) is 0 Å². The molecule has 1 atom stereocenters. The van der Waals surface area contributed by atoms with Crippen molar-refractivity contribution in [2.45, 2.75) is 24.8 Å². The molecule has 0 aliphatic carbocycles. The van der Waals surface area contributed by atoms with Crippen LogP contribution in [0.4, 0.5) is 0 Å². The van der Waals surface area contributed by atoms with E-state index >= 15 is 0 Å². The van der Waals surface area contributed by atoms with Crippen LogP contribution < -0.4 is 5.69 Å². The van der Waals surface area contributed by atoms with Crippen LogP contribution in [-0.4, -0.2) is 77.9 Å². The van der Waals surface area contributed by atoms with Gasteiger partial charge in [0.15, 0.2) is 0 Å². The summed E-state index contributed by atoms with van der Waals surface area (Å²) in [5.41, 5.74) is 1.29. The lowest BCUT2D eigenvalue weighted by atomic mass is 10.1. The first kappa shape index (κ1) is 23.9. The topological polar surface area (TPSA) is 89.7 Å². The van der Waals surface area contributed by atoms with Gasteiger partial charge in [-0.1, -0.05) is 30.3 Å². The van der Waals surface area contributed by atoms with Crippen molar-refractivity contribution in [2.75, 3.05) is 45.9 Å². The third kappa shape index (κ3) is 5.11. The number of hydrogen-bond donors (Lipinski definition) is 0. The Kier molecular flexibility index (Phi) is 6.88. The first-order chi connectivity index (χ1) is 16.9. The molecule has 0 bridgehead atoms. The molecule has 9 nitrogen and oxygen atoms in total. The lowest BCUT2D eigenvalue weighted by Crippen LogP contribution is -2.49. The molecule has 3 aromatic rings. The van der Waals surface area contributed by atoms with Crippen LogP contribution >= 0.6 is 0 Å². The number of aryl methyl sites for hydroxylation is 1. The first-order valence-electron chi connectivity index (χ1n) is 12.0. The van der Waals surface area contributed by atoms with Gasteiger partial charge in [-0.3, -0.25) is 4.57 Å². The van der Waals surface area contributed by atoms with Gasteiger partial charge in [0.25, 0.3) is 0 Å². The molecule has 10 heteroatoms. The number of ether oxygens (including phenoxy) is 1. The van der Waals surface area contributed by atoms with Crippen molar-refractivity contribution in [2.24, 2.45) is 5.92 Å². The maximum Gasteiger partial charge on any atom is 0.351 e. The van der Waals surface area contributed by atoms with E-state index < -0.39 is 10.0 Å². The van der Waals surface area contributed by atoms with Crippen LogP contribution in [0.5, 0.6) is 0 Å². The highest BCUT2D eigenvalue weighted by atomic mass is 32.2. The Labute approximate surface area is 205 Å².